The monoisotopic (exact) mass is 485 g/mol. The van der Waals surface area contributed by atoms with Crippen LogP contribution in [0.3, 0.4) is 0 Å². The molecule has 0 atom stereocenters. The van der Waals surface area contributed by atoms with Crippen molar-refractivity contribution < 1.29 is 8.78 Å². The van der Waals surface area contributed by atoms with Gasteiger partial charge in [0.2, 0.25) is 0 Å². The zero-order valence-corrected chi connectivity index (χ0v) is 18.4. The van der Waals surface area contributed by atoms with Crippen molar-refractivity contribution in [3.63, 3.8) is 0 Å². The second kappa shape index (κ2) is 11.5. The molecule has 0 radical (unpaired) electrons. The normalized spacial score (nSPS) is 14.1. The molecule has 0 aliphatic carbocycles. The third kappa shape index (κ3) is 7.49. The van der Waals surface area contributed by atoms with E-state index in [-0.39, 0.29) is 16.3 Å². The van der Waals surface area contributed by atoms with Crippen LogP contribution in [0.4, 0.5) is 8.78 Å². The minimum atomic E-state index is -0.790. The second-order valence-corrected chi connectivity index (χ2v) is 10.5. The number of benzene rings is 2. The summed E-state index contributed by atoms with van der Waals surface area (Å²) in [6.07, 6.45) is 2.56. The molecule has 0 amide bonds. The SMILES string of the molecule is Fc1ccccc1[CH2][Sn+2][CH2]c1ccccc1F.[S-]C([S-])N1CCCC1. The smallest absolute Gasteiger partial charge is 0.00572 e. The largest absolute Gasteiger partial charge is 0.800 e. The fraction of sp³-hybridized carbons (Fsp3) is 0.368. The summed E-state index contributed by atoms with van der Waals surface area (Å²) in [6.45, 7) is 2.25. The predicted molar refractivity (Wildman–Crippen MR) is 105 cm³/mol. The van der Waals surface area contributed by atoms with Gasteiger partial charge >= 0.3 is 110 Å². The summed E-state index contributed by atoms with van der Waals surface area (Å²) in [5.74, 6) is -0.274. The number of hydrogen-bond donors (Lipinski definition) is 0. The van der Waals surface area contributed by atoms with Crippen molar-refractivity contribution in [1.29, 1.82) is 0 Å². The molecular weight excluding hydrogens is 463 g/mol. The van der Waals surface area contributed by atoms with E-state index in [4.69, 9.17) is 25.3 Å². The van der Waals surface area contributed by atoms with Crippen LogP contribution in [0.1, 0.15) is 24.0 Å². The van der Waals surface area contributed by atoms with Gasteiger partial charge in [-0.15, -0.1) is 0 Å². The Balaban J connectivity index is 0.000000236. The van der Waals surface area contributed by atoms with Gasteiger partial charge in [-0.05, 0) is 25.9 Å². The van der Waals surface area contributed by atoms with Crippen LogP contribution < -0.4 is 0 Å². The molecule has 2 aromatic rings. The van der Waals surface area contributed by atoms with Crippen LogP contribution in [-0.4, -0.2) is 43.8 Å². The average molecular weight is 484 g/mol. The summed E-state index contributed by atoms with van der Waals surface area (Å²) in [6, 6.07) is 13.7. The molecule has 0 saturated carbocycles. The van der Waals surface area contributed by atoms with E-state index in [9.17, 15) is 8.78 Å². The maximum Gasteiger partial charge on any atom is -0.00572 e. The Kier molecular flexibility index (Phi) is 9.66. The standard InChI is InChI=1S/2C7H6F.C5H11NS2.Sn/c2*1-6-4-2-3-5-7(6)8;7-5(8)6-3-1-2-4-6;/h2*2-5H,1H2;5,7-8H,1-4H2;/q;;;+2/p-2. The third-order valence-electron chi connectivity index (χ3n) is 3.99. The maximum atomic E-state index is 13.3. The molecule has 1 heterocycles. The summed E-state index contributed by atoms with van der Waals surface area (Å²) in [4.78, 5) is 2.16. The maximum absolute atomic E-state index is 13.3. The number of rotatable bonds is 5. The first kappa shape index (κ1) is 21.1. The van der Waals surface area contributed by atoms with E-state index in [1.807, 2.05) is 24.3 Å². The van der Waals surface area contributed by atoms with Gasteiger partial charge in [0.05, 0.1) is 0 Å². The third-order valence-corrected chi connectivity index (χ3v) is 8.18. The van der Waals surface area contributed by atoms with Gasteiger partial charge in [-0.3, -0.25) is 0 Å². The Morgan fingerprint density at radius 2 is 1.28 bits per heavy atom. The van der Waals surface area contributed by atoms with E-state index in [1.165, 1.54) is 25.0 Å². The molecule has 0 aromatic heterocycles. The molecule has 3 rings (SSSR count). The van der Waals surface area contributed by atoms with Gasteiger partial charge in [0.15, 0.2) is 0 Å². The minimum Gasteiger partial charge on any atom is -0.800 e. The Morgan fingerprint density at radius 3 is 1.64 bits per heavy atom. The Hall–Kier alpha value is -0.241. The molecular formula is C19H21F2NS2Sn. The van der Waals surface area contributed by atoms with E-state index in [0.717, 1.165) is 33.1 Å². The van der Waals surface area contributed by atoms with Gasteiger partial charge in [0.1, 0.15) is 0 Å². The van der Waals surface area contributed by atoms with Crippen molar-refractivity contribution in [2.75, 3.05) is 13.1 Å². The molecule has 1 nitrogen and oxygen atoms in total. The number of nitrogens with zero attached hydrogens (tertiary/aromatic N) is 1. The van der Waals surface area contributed by atoms with Gasteiger partial charge in [-0.1, -0.05) is 0 Å². The summed E-state index contributed by atoms with van der Waals surface area (Å²) in [5.41, 5.74) is 1.55. The summed E-state index contributed by atoms with van der Waals surface area (Å²) in [5, 5.41) is 0. The first-order chi connectivity index (χ1) is 12.1. The van der Waals surface area contributed by atoms with E-state index >= 15 is 0 Å². The van der Waals surface area contributed by atoms with Crippen molar-refractivity contribution in [3.05, 3.63) is 71.3 Å². The molecule has 6 heteroatoms. The molecule has 2 aromatic carbocycles. The molecule has 1 fully saturated rings. The molecule has 1 aliphatic rings. The number of likely N-dealkylation sites (tertiary alicyclic amines) is 1. The van der Waals surface area contributed by atoms with Crippen molar-refractivity contribution in [3.8, 4) is 0 Å². The van der Waals surface area contributed by atoms with Gasteiger partial charge in [0, 0.05) is 0 Å². The van der Waals surface area contributed by atoms with Gasteiger partial charge in [-0.2, -0.15) is 0 Å². The first-order valence-electron chi connectivity index (χ1n) is 8.31. The van der Waals surface area contributed by atoms with Crippen LogP contribution in [0.2, 0.25) is 0 Å². The van der Waals surface area contributed by atoms with Crippen molar-refractivity contribution >= 4 is 46.4 Å². The van der Waals surface area contributed by atoms with Crippen molar-refractivity contribution in [2.45, 2.75) is 26.4 Å². The molecule has 25 heavy (non-hydrogen) atoms. The van der Waals surface area contributed by atoms with Gasteiger partial charge in [0.25, 0.3) is 0 Å². The fourth-order valence-electron chi connectivity index (χ4n) is 2.57. The molecule has 0 N–H and O–H groups in total. The Bertz CT molecular complexity index is 603. The molecule has 1 aliphatic heterocycles. The van der Waals surface area contributed by atoms with E-state index in [1.54, 1.807) is 12.1 Å². The van der Waals surface area contributed by atoms with E-state index in [0.29, 0.717) is 0 Å². The average Bonchev–Trinajstić information content (AvgIpc) is 3.14. The first-order valence-corrected chi connectivity index (χ1v) is 13.3. The molecule has 132 valence electrons. The van der Waals surface area contributed by atoms with Crippen LogP contribution in [0.5, 0.6) is 0 Å². The Labute approximate surface area is 170 Å². The minimum absolute atomic E-state index is 0.0579. The molecule has 0 bridgehead atoms. The van der Waals surface area contributed by atoms with Gasteiger partial charge < -0.3 is 30.2 Å². The number of hydrogen-bond acceptors (Lipinski definition) is 3. The zero-order valence-electron chi connectivity index (χ0n) is 14.0. The second-order valence-electron chi connectivity index (χ2n) is 5.84. The predicted octanol–water partition coefficient (Wildman–Crippen LogP) is 3.83. The van der Waals surface area contributed by atoms with Crippen LogP contribution in [0, 0.1) is 11.6 Å². The van der Waals surface area contributed by atoms with Crippen LogP contribution in [0.15, 0.2) is 48.5 Å². The van der Waals surface area contributed by atoms with Crippen LogP contribution >= 0.6 is 0 Å². The van der Waals surface area contributed by atoms with Crippen LogP contribution in [-0.2, 0) is 34.1 Å². The summed E-state index contributed by atoms with van der Waals surface area (Å²) >= 11 is 8.97. The van der Waals surface area contributed by atoms with E-state index in [2.05, 4.69) is 4.90 Å². The molecule has 0 spiro atoms. The van der Waals surface area contributed by atoms with Crippen LogP contribution in [0.25, 0.3) is 0 Å². The topological polar surface area (TPSA) is 3.24 Å². The van der Waals surface area contributed by atoms with Crippen molar-refractivity contribution in [2.24, 2.45) is 0 Å². The summed E-state index contributed by atoms with van der Waals surface area (Å²) in [7, 11) is 0. The zero-order chi connectivity index (χ0) is 18.1. The molecule has 1 saturated heterocycles. The quantitative estimate of drug-likeness (QED) is 0.470. The Morgan fingerprint density at radius 1 is 0.840 bits per heavy atom. The van der Waals surface area contributed by atoms with Gasteiger partial charge in [-0.25, -0.2) is 4.71 Å². The molecule has 0 unspecified atom stereocenters. The number of halogens is 2. The van der Waals surface area contributed by atoms with Crippen molar-refractivity contribution in [1.82, 2.24) is 4.90 Å². The van der Waals surface area contributed by atoms with E-state index < -0.39 is 21.1 Å². The fourth-order valence-corrected chi connectivity index (χ4v) is 6.52. The summed E-state index contributed by atoms with van der Waals surface area (Å²) < 4.78 is 28.3.